The van der Waals surface area contributed by atoms with E-state index in [4.69, 9.17) is 16.1 Å². The van der Waals surface area contributed by atoms with Crippen molar-refractivity contribution in [1.29, 1.82) is 0 Å². The van der Waals surface area contributed by atoms with Gasteiger partial charge in [0.05, 0.1) is 21.5 Å². The van der Waals surface area contributed by atoms with Gasteiger partial charge in [-0.2, -0.15) is 4.98 Å². The first-order chi connectivity index (χ1) is 11.4. The number of hydrogen-bond donors (Lipinski definition) is 2. The first-order valence-corrected chi connectivity index (χ1v) is 9.26. The molecular formula is C14H18ClN5O3S. The average molecular weight is 372 g/mol. The molecule has 2 N–H and O–H groups in total. The summed E-state index contributed by atoms with van der Waals surface area (Å²) in [7, 11) is -0.242. The zero-order valence-corrected chi connectivity index (χ0v) is 14.9. The average Bonchev–Trinajstić information content (AvgIpc) is 3.05. The van der Waals surface area contributed by atoms with E-state index >= 15 is 0 Å². The van der Waals surface area contributed by atoms with E-state index in [0.29, 0.717) is 16.4 Å². The molecule has 1 fully saturated rings. The Morgan fingerprint density at radius 2 is 2.25 bits per heavy atom. The van der Waals surface area contributed by atoms with Gasteiger partial charge in [-0.15, -0.1) is 0 Å². The summed E-state index contributed by atoms with van der Waals surface area (Å²) >= 11 is 6.18. The monoisotopic (exact) mass is 371 g/mol. The SMILES string of the molecule is CNS(=O)(=O)c1ccc(Cl)c(-c2nc(C3CNCCN3C)no2)c1. The third kappa shape index (κ3) is 3.31. The molecule has 2 heterocycles. The summed E-state index contributed by atoms with van der Waals surface area (Å²) in [6, 6.07) is 4.35. The van der Waals surface area contributed by atoms with Gasteiger partial charge in [-0.25, -0.2) is 13.1 Å². The lowest BCUT2D eigenvalue weighted by atomic mass is 10.2. The summed E-state index contributed by atoms with van der Waals surface area (Å²) in [4.78, 5) is 6.62. The minimum atomic E-state index is -3.58. The van der Waals surface area contributed by atoms with Crippen LogP contribution < -0.4 is 10.0 Å². The Morgan fingerprint density at radius 1 is 1.46 bits per heavy atom. The van der Waals surface area contributed by atoms with Crippen molar-refractivity contribution in [3.8, 4) is 11.5 Å². The van der Waals surface area contributed by atoms with Crippen molar-refractivity contribution < 1.29 is 12.9 Å². The fourth-order valence-corrected chi connectivity index (χ4v) is 3.48. The highest BCUT2D eigenvalue weighted by Gasteiger charge is 2.26. The summed E-state index contributed by atoms with van der Waals surface area (Å²) in [5, 5.41) is 7.66. The van der Waals surface area contributed by atoms with Crippen LogP contribution in [0.4, 0.5) is 0 Å². The first-order valence-electron chi connectivity index (χ1n) is 7.40. The fraction of sp³-hybridized carbons (Fsp3) is 0.429. The van der Waals surface area contributed by atoms with Crippen LogP contribution in [0.1, 0.15) is 11.9 Å². The normalized spacial score (nSPS) is 19.5. The van der Waals surface area contributed by atoms with Gasteiger partial charge in [0, 0.05) is 19.6 Å². The molecule has 24 heavy (non-hydrogen) atoms. The van der Waals surface area contributed by atoms with E-state index in [1.54, 1.807) is 0 Å². The zero-order valence-electron chi connectivity index (χ0n) is 13.3. The molecule has 3 rings (SSSR count). The van der Waals surface area contributed by atoms with Gasteiger partial charge in [-0.3, -0.25) is 4.90 Å². The van der Waals surface area contributed by atoms with E-state index in [-0.39, 0.29) is 16.8 Å². The summed E-state index contributed by atoms with van der Waals surface area (Å²) < 4.78 is 31.5. The maximum Gasteiger partial charge on any atom is 0.259 e. The second kappa shape index (κ2) is 6.77. The van der Waals surface area contributed by atoms with Gasteiger partial charge in [0.2, 0.25) is 10.0 Å². The van der Waals surface area contributed by atoms with Crippen molar-refractivity contribution in [1.82, 2.24) is 25.1 Å². The van der Waals surface area contributed by atoms with Crippen LogP contribution in [-0.4, -0.2) is 57.2 Å². The molecule has 0 spiro atoms. The number of rotatable bonds is 4. The molecule has 0 aliphatic carbocycles. The summed E-state index contributed by atoms with van der Waals surface area (Å²) in [6.45, 7) is 2.51. The van der Waals surface area contributed by atoms with Crippen molar-refractivity contribution >= 4 is 21.6 Å². The number of piperazine rings is 1. The standard InChI is InChI=1S/C14H18ClN5O3S/c1-16-24(21,22)9-3-4-11(15)10(7-9)14-18-13(19-23-14)12-8-17-5-6-20(12)2/h3-4,7,12,16-17H,5-6,8H2,1-2H3. The van der Waals surface area contributed by atoms with E-state index in [1.807, 2.05) is 7.05 Å². The van der Waals surface area contributed by atoms with Crippen LogP contribution in [0.15, 0.2) is 27.6 Å². The Labute approximate surface area is 145 Å². The van der Waals surface area contributed by atoms with E-state index < -0.39 is 10.0 Å². The molecule has 1 aliphatic rings. The molecule has 0 bridgehead atoms. The molecule has 1 aromatic heterocycles. The zero-order chi connectivity index (χ0) is 17.3. The second-order valence-electron chi connectivity index (χ2n) is 5.51. The second-order valence-corrected chi connectivity index (χ2v) is 7.80. The quantitative estimate of drug-likeness (QED) is 0.822. The first kappa shape index (κ1) is 17.3. The Bertz CT molecular complexity index is 839. The summed E-state index contributed by atoms with van der Waals surface area (Å²) in [6.07, 6.45) is 0. The molecule has 0 amide bonds. The number of halogens is 1. The predicted molar refractivity (Wildman–Crippen MR) is 89.2 cm³/mol. The lowest BCUT2D eigenvalue weighted by Gasteiger charge is -2.30. The fourth-order valence-electron chi connectivity index (χ4n) is 2.53. The summed E-state index contributed by atoms with van der Waals surface area (Å²) in [5.41, 5.74) is 0.387. The van der Waals surface area contributed by atoms with Crippen molar-refractivity contribution in [3.63, 3.8) is 0 Å². The molecule has 0 radical (unpaired) electrons. The van der Waals surface area contributed by atoms with Crippen LogP contribution >= 0.6 is 11.6 Å². The Balaban J connectivity index is 1.96. The van der Waals surface area contributed by atoms with Crippen LogP contribution in [0.3, 0.4) is 0 Å². The molecule has 1 aliphatic heterocycles. The lowest BCUT2D eigenvalue weighted by Crippen LogP contribution is -2.44. The van der Waals surface area contributed by atoms with Gasteiger partial charge >= 0.3 is 0 Å². The van der Waals surface area contributed by atoms with Gasteiger partial charge in [0.1, 0.15) is 0 Å². The number of nitrogens with one attached hydrogen (secondary N) is 2. The number of likely N-dealkylation sites (N-methyl/N-ethyl adjacent to an activating group) is 1. The molecule has 1 saturated heterocycles. The Morgan fingerprint density at radius 3 is 2.96 bits per heavy atom. The molecule has 8 nitrogen and oxygen atoms in total. The topological polar surface area (TPSA) is 100 Å². The highest BCUT2D eigenvalue weighted by Crippen LogP contribution is 2.30. The number of sulfonamides is 1. The van der Waals surface area contributed by atoms with Gasteiger partial charge < -0.3 is 9.84 Å². The molecule has 1 atom stereocenters. The van der Waals surface area contributed by atoms with Crippen molar-refractivity contribution in [3.05, 3.63) is 29.0 Å². The van der Waals surface area contributed by atoms with Gasteiger partial charge in [-0.1, -0.05) is 16.8 Å². The van der Waals surface area contributed by atoms with E-state index in [2.05, 4.69) is 25.1 Å². The number of aromatic nitrogens is 2. The van der Waals surface area contributed by atoms with E-state index in [9.17, 15) is 8.42 Å². The predicted octanol–water partition coefficient (Wildman–Crippen LogP) is 0.874. The summed E-state index contributed by atoms with van der Waals surface area (Å²) in [5.74, 6) is 0.736. The van der Waals surface area contributed by atoms with Gasteiger partial charge in [0.25, 0.3) is 5.89 Å². The van der Waals surface area contributed by atoms with Gasteiger partial charge in [-0.05, 0) is 32.3 Å². The lowest BCUT2D eigenvalue weighted by molar-refractivity contribution is 0.190. The van der Waals surface area contributed by atoms with E-state index in [1.165, 1.54) is 25.2 Å². The minimum Gasteiger partial charge on any atom is -0.334 e. The number of nitrogens with zero attached hydrogens (tertiary/aromatic N) is 3. The minimum absolute atomic E-state index is 0.000695. The smallest absolute Gasteiger partial charge is 0.259 e. The Kier molecular flexibility index (Phi) is 4.88. The van der Waals surface area contributed by atoms with Crippen molar-refractivity contribution in [2.45, 2.75) is 10.9 Å². The maximum atomic E-state index is 12.0. The Hall–Kier alpha value is -1.52. The van der Waals surface area contributed by atoms with Crippen molar-refractivity contribution in [2.75, 3.05) is 33.7 Å². The molecule has 0 saturated carbocycles. The molecular weight excluding hydrogens is 354 g/mol. The van der Waals surface area contributed by atoms with Crippen LogP contribution in [0.2, 0.25) is 5.02 Å². The van der Waals surface area contributed by atoms with E-state index in [0.717, 1.165) is 19.6 Å². The van der Waals surface area contributed by atoms with Crippen LogP contribution in [-0.2, 0) is 10.0 Å². The molecule has 10 heteroatoms. The third-order valence-corrected chi connectivity index (χ3v) is 5.74. The molecule has 130 valence electrons. The molecule has 1 unspecified atom stereocenters. The third-order valence-electron chi connectivity index (χ3n) is 4.00. The highest BCUT2D eigenvalue weighted by atomic mass is 35.5. The van der Waals surface area contributed by atoms with Crippen LogP contribution in [0.25, 0.3) is 11.5 Å². The van der Waals surface area contributed by atoms with Crippen LogP contribution in [0.5, 0.6) is 0 Å². The van der Waals surface area contributed by atoms with Crippen molar-refractivity contribution in [2.24, 2.45) is 0 Å². The molecule has 2 aromatic rings. The molecule has 1 aromatic carbocycles. The number of benzene rings is 1. The van der Waals surface area contributed by atoms with Crippen LogP contribution in [0, 0.1) is 0 Å². The number of hydrogen-bond acceptors (Lipinski definition) is 7. The highest BCUT2D eigenvalue weighted by molar-refractivity contribution is 7.89. The van der Waals surface area contributed by atoms with Gasteiger partial charge in [0.15, 0.2) is 5.82 Å². The largest absolute Gasteiger partial charge is 0.334 e. The maximum absolute atomic E-state index is 12.0.